The lowest BCUT2D eigenvalue weighted by Gasteiger charge is -2.31. The highest BCUT2D eigenvalue weighted by molar-refractivity contribution is 5.74. The number of urea groups is 1. The Bertz CT molecular complexity index is 447. The smallest absolute Gasteiger partial charge is 0.317 e. The number of carbonyl (C=O) groups is 1. The van der Waals surface area contributed by atoms with Crippen molar-refractivity contribution in [3.05, 3.63) is 18.0 Å². The Morgan fingerprint density at radius 1 is 1.36 bits per heavy atom. The maximum absolute atomic E-state index is 12.2. The first-order chi connectivity index (χ1) is 10.8. The normalized spacial score (nSPS) is 23.5. The maximum atomic E-state index is 12.2. The fraction of sp³-hybridized carbons (Fsp3) is 0.750. The number of hydrogen-bond donors (Lipinski definition) is 3. The molecule has 2 fully saturated rings. The van der Waals surface area contributed by atoms with Crippen molar-refractivity contribution >= 4 is 6.03 Å². The fourth-order valence-electron chi connectivity index (χ4n) is 3.55. The molecule has 0 spiro atoms. The molecule has 3 N–H and O–H groups in total. The van der Waals surface area contributed by atoms with Crippen molar-refractivity contribution in [1.29, 1.82) is 0 Å². The van der Waals surface area contributed by atoms with Crippen LogP contribution in [0.1, 0.15) is 43.7 Å². The Labute approximate surface area is 132 Å². The first kappa shape index (κ1) is 15.3. The molecule has 2 aliphatic heterocycles. The highest BCUT2D eigenvalue weighted by Crippen LogP contribution is 2.26. The van der Waals surface area contributed by atoms with Gasteiger partial charge in [0.05, 0.1) is 0 Å². The van der Waals surface area contributed by atoms with Crippen molar-refractivity contribution in [2.24, 2.45) is 5.92 Å². The zero-order chi connectivity index (χ0) is 15.2. The zero-order valence-corrected chi connectivity index (χ0v) is 13.2. The van der Waals surface area contributed by atoms with Crippen LogP contribution in [0.25, 0.3) is 0 Å². The van der Waals surface area contributed by atoms with E-state index in [2.05, 4.69) is 20.8 Å². The van der Waals surface area contributed by atoms with E-state index < -0.39 is 0 Å². The topological polar surface area (TPSA) is 73.1 Å². The van der Waals surface area contributed by atoms with Crippen LogP contribution in [0.15, 0.2) is 12.3 Å². The van der Waals surface area contributed by atoms with E-state index in [1.165, 1.54) is 18.5 Å². The Hall–Kier alpha value is -1.56. The molecule has 0 bridgehead atoms. The van der Waals surface area contributed by atoms with Crippen molar-refractivity contribution in [2.45, 2.75) is 38.0 Å². The lowest BCUT2D eigenvalue weighted by molar-refractivity contribution is 0.180. The van der Waals surface area contributed by atoms with E-state index in [0.717, 1.165) is 57.9 Å². The quantitative estimate of drug-likeness (QED) is 0.792. The summed E-state index contributed by atoms with van der Waals surface area (Å²) in [4.78, 5) is 14.2. The number of H-pyrrole nitrogens is 1. The summed E-state index contributed by atoms with van der Waals surface area (Å²) in [6.45, 7) is 4.71. The van der Waals surface area contributed by atoms with E-state index in [-0.39, 0.29) is 6.03 Å². The van der Waals surface area contributed by atoms with Gasteiger partial charge in [0, 0.05) is 37.4 Å². The largest absolute Gasteiger partial charge is 0.338 e. The van der Waals surface area contributed by atoms with Gasteiger partial charge < -0.3 is 15.5 Å². The first-order valence-electron chi connectivity index (χ1n) is 8.55. The molecule has 1 atom stereocenters. The number of aromatic nitrogens is 2. The highest BCUT2D eigenvalue weighted by atomic mass is 16.2. The number of nitrogens with zero attached hydrogens (tertiary/aromatic N) is 2. The van der Waals surface area contributed by atoms with E-state index in [9.17, 15) is 4.79 Å². The molecule has 6 heteroatoms. The Morgan fingerprint density at radius 2 is 2.23 bits per heavy atom. The third-order valence-electron chi connectivity index (χ3n) is 4.97. The van der Waals surface area contributed by atoms with Gasteiger partial charge in [-0.25, -0.2) is 4.79 Å². The highest BCUT2D eigenvalue weighted by Gasteiger charge is 2.24. The third-order valence-corrected chi connectivity index (χ3v) is 4.97. The van der Waals surface area contributed by atoms with Crippen LogP contribution >= 0.6 is 0 Å². The summed E-state index contributed by atoms with van der Waals surface area (Å²) < 4.78 is 0. The molecular weight excluding hydrogens is 278 g/mol. The monoisotopic (exact) mass is 305 g/mol. The van der Waals surface area contributed by atoms with Gasteiger partial charge in [-0.1, -0.05) is 0 Å². The second-order valence-corrected chi connectivity index (χ2v) is 6.51. The SMILES string of the molecule is O=C(NCCC1CCCNC1)N1CCC(c2ccn[nH]2)CC1. The maximum Gasteiger partial charge on any atom is 0.317 e. The molecular formula is C16H27N5O. The first-order valence-corrected chi connectivity index (χ1v) is 8.55. The number of hydrogen-bond acceptors (Lipinski definition) is 3. The van der Waals surface area contributed by atoms with E-state index in [1.807, 2.05) is 11.0 Å². The molecule has 0 saturated carbocycles. The summed E-state index contributed by atoms with van der Waals surface area (Å²) in [5, 5.41) is 13.6. The molecule has 0 aliphatic carbocycles. The molecule has 1 aromatic rings. The minimum atomic E-state index is 0.104. The van der Waals surface area contributed by atoms with Crippen molar-refractivity contribution in [3.63, 3.8) is 0 Å². The molecule has 6 nitrogen and oxygen atoms in total. The molecule has 0 aromatic carbocycles. The average molecular weight is 305 g/mol. The van der Waals surface area contributed by atoms with Gasteiger partial charge in [0.15, 0.2) is 0 Å². The minimum absolute atomic E-state index is 0.104. The summed E-state index contributed by atoms with van der Waals surface area (Å²) in [6.07, 6.45) is 7.47. The molecule has 122 valence electrons. The van der Waals surface area contributed by atoms with E-state index in [1.54, 1.807) is 6.20 Å². The van der Waals surface area contributed by atoms with E-state index >= 15 is 0 Å². The van der Waals surface area contributed by atoms with E-state index in [0.29, 0.717) is 5.92 Å². The van der Waals surface area contributed by atoms with Crippen LogP contribution in [0.4, 0.5) is 4.79 Å². The molecule has 1 unspecified atom stereocenters. The van der Waals surface area contributed by atoms with Gasteiger partial charge in [0.2, 0.25) is 0 Å². The van der Waals surface area contributed by atoms with Crippen molar-refractivity contribution in [3.8, 4) is 0 Å². The van der Waals surface area contributed by atoms with Gasteiger partial charge in [-0.3, -0.25) is 5.10 Å². The van der Waals surface area contributed by atoms with Crippen molar-refractivity contribution in [1.82, 2.24) is 25.7 Å². The summed E-state index contributed by atoms with van der Waals surface area (Å²) in [7, 11) is 0. The van der Waals surface area contributed by atoms with E-state index in [4.69, 9.17) is 0 Å². The third kappa shape index (κ3) is 4.00. The van der Waals surface area contributed by atoms with Crippen LogP contribution in [0.3, 0.4) is 0 Å². The predicted octanol–water partition coefficient (Wildman–Crippen LogP) is 1.69. The summed E-state index contributed by atoms with van der Waals surface area (Å²) in [5.41, 5.74) is 1.20. The van der Waals surface area contributed by atoms with Gasteiger partial charge in [0.25, 0.3) is 0 Å². The zero-order valence-electron chi connectivity index (χ0n) is 13.2. The molecule has 1 aromatic heterocycles. The molecule has 2 aliphatic rings. The Morgan fingerprint density at radius 3 is 2.91 bits per heavy atom. The van der Waals surface area contributed by atoms with Crippen molar-refractivity contribution < 1.29 is 4.79 Å². The second kappa shape index (κ2) is 7.63. The number of likely N-dealkylation sites (tertiary alicyclic amines) is 1. The number of amides is 2. The summed E-state index contributed by atoms with van der Waals surface area (Å²) >= 11 is 0. The van der Waals surface area contributed by atoms with Gasteiger partial charge in [-0.05, 0) is 57.2 Å². The molecule has 2 amide bonds. The average Bonchev–Trinajstić information content (AvgIpc) is 3.10. The van der Waals surface area contributed by atoms with Crippen LogP contribution in [-0.2, 0) is 0 Å². The number of piperidine rings is 2. The van der Waals surface area contributed by atoms with Gasteiger partial charge in [-0.2, -0.15) is 5.10 Å². The van der Waals surface area contributed by atoms with Gasteiger partial charge in [-0.15, -0.1) is 0 Å². The lowest BCUT2D eigenvalue weighted by atomic mass is 9.94. The van der Waals surface area contributed by atoms with Crippen LogP contribution in [0.5, 0.6) is 0 Å². The lowest BCUT2D eigenvalue weighted by Crippen LogP contribution is -2.45. The van der Waals surface area contributed by atoms with Gasteiger partial charge >= 0.3 is 6.03 Å². The standard InChI is InChI=1S/C16H27N5O/c22-16(18-8-3-13-2-1-7-17-12-13)21-10-5-14(6-11-21)15-4-9-19-20-15/h4,9,13-14,17H,1-3,5-8,10-12H2,(H,18,22)(H,19,20). The second-order valence-electron chi connectivity index (χ2n) is 6.51. The van der Waals surface area contributed by atoms with Crippen LogP contribution in [0.2, 0.25) is 0 Å². The molecule has 0 radical (unpaired) electrons. The minimum Gasteiger partial charge on any atom is -0.338 e. The summed E-state index contributed by atoms with van der Waals surface area (Å²) in [5.74, 6) is 1.24. The van der Waals surface area contributed by atoms with Crippen molar-refractivity contribution in [2.75, 3.05) is 32.7 Å². The number of nitrogens with one attached hydrogen (secondary N) is 3. The number of aromatic amines is 1. The molecule has 3 heterocycles. The van der Waals surface area contributed by atoms with Crippen LogP contribution in [0, 0.1) is 5.92 Å². The molecule has 3 rings (SSSR count). The molecule has 2 saturated heterocycles. The number of carbonyl (C=O) groups excluding carboxylic acids is 1. The van der Waals surface area contributed by atoms with Crippen LogP contribution < -0.4 is 10.6 Å². The number of rotatable bonds is 4. The molecule has 22 heavy (non-hydrogen) atoms. The Kier molecular flexibility index (Phi) is 5.32. The van der Waals surface area contributed by atoms with Crippen LogP contribution in [-0.4, -0.2) is 53.9 Å². The summed E-state index contributed by atoms with van der Waals surface area (Å²) in [6, 6.07) is 2.14. The fourth-order valence-corrected chi connectivity index (χ4v) is 3.55. The Balaban J connectivity index is 1.35. The van der Waals surface area contributed by atoms with Gasteiger partial charge in [0.1, 0.15) is 0 Å². The predicted molar refractivity (Wildman–Crippen MR) is 85.7 cm³/mol.